The van der Waals surface area contributed by atoms with Crippen LogP contribution in [0.3, 0.4) is 0 Å². The Bertz CT molecular complexity index is 1610. The van der Waals surface area contributed by atoms with Crippen LogP contribution in [0.5, 0.6) is 0 Å². The van der Waals surface area contributed by atoms with Gasteiger partial charge >= 0.3 is 0 Å². The van der Waals surface area contributed by atoms with Crippen molar-refractivity contribution in [2.75, 3.05) is 5.75 Å². The molecule has 1 saturated heterocycles. The van der Waals surface area contributed by atoms with Gasteiger partial charge in [0.05, 0.1) is 24.5 Å². The van der Waals surface area contributed by atoms with Gasteiger partial charge in [0.1, 0.15) is 0 Å². The molecule has 1 fully saturated rings. The molecule has 9 heteroatoms. The Kier molecular flexibility index (Phi) is 8.73. The molecule has 2 heterocycles. The predicted octanol–water partition coefficient (Wildman–Crippen LogP) is 5.86. The highest BCUT2D eigenvalue weighted by Gasteiger charge is 2.38. The summed E-state index contributed by atoms with van der Waals surface area (Å²) in [4.78, 5) is 0. The number of ether oxygens (including phenoxy) is 2. The van der Waals surface area contributed by atoms with E-state index in [2.05, 4.69) is 46.7 Å². The number of tetrazole rings is 1. The largest absolute Gasteiger partial charge is 0.392 e. The summed E-state index contributed by atoms with van der Waals surface area (Å²) in [7, 11) is 0. The van der Waals surface area contributed by atoms with Crippen molar-refractivity contribution in [3.63, 3.8) is 0 Å². The lowest BCUT2D eigenvalue weighted by atomic mass is 9.91. The molecule has 0 saturated carbocycles. The highest BCUT2D eigenvalue weighted by atomic mass is 32.2. The maximum Gasteiger partial charge on any atom is 0.214 e. The SMILES string of the molecule is C[C@@H]1[C@H](CSc2nnnn2-c2ccccc2)O[C@H](c2cccc(-c3cccc(CN)c3)c2)O[C@@H]1c1ccc(CO)cc1. The quantitative estimate of drug-likeness (QED) is 0.209. The molecule has 1 aliphatic heterocycles. The van der Waals surface area contributed by atoms with Crippen molar-refractivity contribution in [2.45, 2.75) is 43.7 Å². The van der Waals surface area contributed by atoms with Crippen LogP contribution in [-0.2, 0) is 22.6 Å². The van der Waals surface area contributed by atoms with Gasteiger partial charge in [0.2, 0.25) is 5.16 Å². The van der Waals surface area contributed by atoms with Crippen LogP contribution in [0.1, 0.15) is 41.6 Å². The van der Waals surface area contributed by atoms with Crippen molar-refractivity contribution >= 4 is 11.8 Å². The van der Waals surface area contributed by atoms with Gasteiger partial charge in [-0.25, -0.2) is 0 Å². The summed E-state index contributed by atoms with van der Waals surface area (Å²) in [6.45, 7) is 2.64. The smallest absolute Gasteiger partial charge is 0.214 e. The lowest BCUT2D eigenvalue weighted by molar-refractivity contribution is -0.268. The van der Waals surface area contributed by atoms with Gasteiger partial charge < -0.3 is 20.3 Å². The van der Waals surface area contributed by atoms with Crippen LogP contribution in [-0.4, -0.2) is 37.2 Å². The zero-order chi connectivity index (χ0) is 28.9. The molecule has 0 amide bonds. The molecule has 4 aromatic carbocycles. The van der Waals surface area contributed by atoms with Crippen molar-refractivity contribution in [3.8, 4) is 16.8 Å². The lowest BCUT2D eigenvalue weighted by Gasteiger charge is -2.41. The van der Waals surface area contributed by atoms with Gasteiger partial charge in [-0.1, -0.05) is 97.5 Å². The molecule has 42 heavy (non-hydrogen) atoms. The monoisotopic (exact) mass is 579 g/mol. The minimum absolute atomic E-state index is 0.000635. The maximum absolute atomic E-state index is 9.56. The number of nitrogens with two attached hydrogens (primary N) is 1. The van der Waals surface area contributed by atoms with E-state index in [1.165, 1.54) is 0 Å². The fourth-order valence-electron chi connectivity index (χ4n) is 5.21. The molecule has 1 aromatic heterocycles. The fraction of sp³-hybridized carbons (Fsp3) is 0.242. The Morgan fingerprint density at radius 1 is 0.833 bits per heavy atom. The first-order valence-corrected chi connectivity index (χ1v) is 15.0. The number of thioether (sulfide) groups is 1. The standard InChI is InChI=1S/C33H33N5O3S/c1-22-30(21-42-33-35-36-37-38(33)29-11-3-2-4-12-29)40-32(41-31(22)25-15-13-23(20-39)14-16-25)28-10-6-9-27(18-28)26-8-5-7-24(17-26)19-34/h2-18,22,30-32,39H,19-21,34H2,1H3/t22-,30+,31+,32+/m1/s1. The van der Waals surface area contributed by atoms with E-state index < -0.39 is 6.29 Å². The number of aromatic nitrogens is 4. The third kappa shape index (κ3) is 6.16. The number of hydrogen-bond acceptors (Lipinski definition) is 8. The molecule has 0 spiro atoms. The van der Waals surface area contributed by atoms with Crippen molar-refractivity contribution in [1.82, 2.24) is 20.2 Å². The number of hydrogen-bond donors (Lipinski definition) is 2. The Hall–Kier alpha value is -3.86. The Labute approximate surface area is 249 Å². The number of para-hydroxylation sites is 1. The molecule has 0 radical (unpaired) electrons. The van der Waals surface area contributed by atoms with Crippen LogP contribution in [0.2, 0.25) is 0 Å². The van der Waals surface area contributed by atoms with E-state index in [0.29, 0.717) is 17.5 Å². The third-order valence-electron chi connectivity index (χ3n) is 7.60. The molecule has 214 valence electrons. The Morgan fingerprint density at radius 2 is 1.60 bits per heavy atom. The van der Waals surface area contributed by atoms with Crippen LogP contribution in [0.4, 0.5) is 0 Å². The maximum atomic E-state index is 9.56. The minimum Gasteiger partial charge on any atom is -0.392 e. The lowest BCUT2D eigenvalue weighted by Crippen LogP contribution is -2.38. The topological polar surface area (TPSA) is 108 Å². The molecule has 0 aliphatic carbocycles. The summed E-state index contributed by atoms with van der Waals surface area (Å²) in [6, 6.07) is 34.4. The number of aliphatic hydroxyl groups is 1. The second-order valence-corrected chi connectivity index (χ2v) is 11.4. The van der Waals surface area contributed by atoms with Gasteiger partial charge in [0.25, 0.3) is 0 Å². The van der Waals surface area contributed by atoms with E-state index >= 15 is 0 Å². The average Bonchev–Trinajstić information content (AvgIpc) is 3.53. The minimum atomic E-state index is -0.572. The first-order valence-electron chi connectivity index (χ1n) is 14.0. The average molecular weight is 580 g/mol. The molecule has 1 aliphatic rings. The summed E-state index contributed by atoms with van der Waals surface area (Å²) in [6.07, 6.45) is -0.935. The normalized spacial score (nSPS) is 20.5. The Morgan fingerprint density at radius 3 is 2.36 bits per heavy atom. The third-order valence-corrected chi connectivity index (χ3v) is 8.60. The number of nitrogens with zero attached hydrogens (tertiary/aromatic N) is 4. The van der Waals surface area contributed by atoms with E-state index in [1.54, 1.807) is 16.4 Å². The van der Waals surface area contributed by atoms with Crippen LogP contribution in [0.25, 0.3) is 16.8 Å². The zero-order valence-corrected chi connectivity index (χ0v) is 24.1. The second-order valence-electron chi connectivity index (χ2n) is 10.4. The predicted molar refractivity (Wildman–Crippen MR) is 163 cm³/mol. The van der Waals surface area contributed by atoms with Crippen LogP contribution >= 0.6 is 11.8 Å². The van der Waals surface area contributed by atoms with Gasteiger partial charge in [0, 0.05) is 23.8 Å². The molecule has 8 nitrogen and oxygen atoms in total. The highest BCUT2D eigenvalue weighted by Crippen LogP contribution is 2.43. The van der Waals surface area contributed by atoms with E-state index in [9.17, 15) is 5.11 Å². The molecule has 5 aromatic rings. The number of aliphatic hydroxyl groups excluding tert-OH is 1. The molecule has 4 atom stereocenters. The van der Waals surface area contributed by atoms with E-state index in [1.807, 2.05) is 78.9 Å². The van der Waals surface area contributed by atoms with Gasteiger partial charge in [-0.3, -0.25) is 0 Å². The fourth-order valence-corrected chi connectivity index (χ4v) is 6.26. The number of benzene rings is 4. The molecule has 0 bridgehead atoms. The van der Waals surface area contributed by atoms with Crippen molar-refractivity contribution in [3.05, 3.63) is 125 Å². The summed E-state index contributed by atoms with van der Waals surface area (Å²) in [5.74, 6) is 0.678. The van der Waals surface area contributed by atoms with Crippen molar-refractivity contribution in [2.24, 2.45) is 11.7 Å². The van der Waals surface area contributed by atoms with Crippen LogP contribution < -0.4 is 5.73 Å². The van der Waals surface area contributed by atoms with Crippen LogP contribution in [0.15, 0.2) is 108 Å². The second kappa shape index (κ2) is 13.0. The van der Waals surface area contributed by atoms with Crippen LogP contribution in [0, 0.1) is 5.92 Å². The van der Waals surface area contributed by atoms with E-state index in [-0.39, 0.29) is 24.7 Å². The zero-order valence-electron chi connectivity index (χ0n) is 23.3. The van der Waals surface area contributed by atoms with Gasteiger partial charge in [-0.05, 0) is 62.5 Å². The summed E-state index contributed by atoms with van der Waals surface area (Å²) >= 11 is 1.56. The first-order chi connectivity index (χ1) is 20.6. The molecule has 6 rings (SSSR count). The first kappa shape index (κ1) is 28.3. The van der Waals surface area contributed by atoms with Gasteiger partial charge in [-0.2, -0.15) is 4.68 Å². The molecular formula is C33H33N5O3S. The summed E-state index contributed by atoms with van der Waals surface area (Å²) < 4.78 is 15.1. The molecule has 3 N–H and O–H groups in total. The highest BCUT2D eigenvalue weighted by molar-refractivity contribution is 7.99. The van der Waals surface area contributed by atoms with Crippen molar-refractivity contribution < 1.29 is 14.6 Å². The van der Waals surface area contributed by atoms with Crippen molar-refractivity contribution in [1.29, 1.82) is 0 Å². The van der Waals surface area contributed by atoms with E-state index in [4.69, 9.17) is 15.2 Å². The molecular weight excluding hydrogens is 546 g/mol. The van der Waals surface area contributed by atoms with Gasteiger partial charge in [0.15, 0.2) is 6.29 Å². The Balaban J connectivity index is 1.29. The molecule has 0 unspecified atom stereocenters. The van der Waals surface area contributed by atoms with Gasteiger partial charge in [-0.15, -0.1) is 5.10 Å². The van der Waals surface area contributed by atoms with E-state index in [0.717, 1.165) is 39.1 Å². The summed E-state index contributed by atoms with van der Waals surface area (Å²) in [5.41, 5.74) is 12.9. The summed E-state index contributed by atoms with van der Waals surface area (Å²) in [5, 5.41) is 22.7. The number of rotatable bonds is 9.